The molecule has 9 heteroatoms. The molecule has 3 rings (SSSR count). The number of aryl methyl sites for hydroxylation is 2. The van der Waals surface area contributed by atoms with Gasteiger partial charge in [-0.2, -0.15) is 14.9 Å². The van der Waals surface area contributed by atoms with E-state index >= 15 is 0 Å². The van der Waals surface area contributed by atoms with Crippen molar-refractivity contribution in [2.45, 2.75) is 13.8 Å². The van der Waals surface area contributed by atoms with Gasteiger partial charge >= 0.3 is 0 Å². The van der Waals surface area contributed by atoms with Gasteiger partial charge in [-0.25, -0.2) is 4.68 Å². The van der Waals surface area contributed by atoms with Crippen LogP contribution in [0.15, 0.2) is 29.6 Å². The van der Waals surface area contributed by atoms with Crippen LogP contribution < -0.4 is 14.2 Å². The Hall–Kier alpha value is -3.36. The number of benzene rings is 1. The molecule has 0 fully saturated rings. The highest BCUT2D eigenvalue weighted by Crippen LogP contribution is 2.37. The number of ether oxygens (including phenoxy) is 3. The summed E-state index contributed by atoms with van der Waals surface area (Å²) in [5.41, 5.74) is 2.61. The van der Waals surface area contributed by atoms with Gasteiger partial charge in [-0.3, -0.25) is 0 Å². The molecule has 2 aromatic heterocycles. The second-order valence-electron chi connectivity index (χ2n) is 5.52. The van der Waals surface area contributed by atoms with Crippen molar-refractivity contribution in [3.8, 4) is 23.2 Å². The third-order valence-electron chi connectivity index (χ3n) is 3.73. The molecule has 0 amide bonds. The Balaban J connectivity index is 1.97. The highest BCUT2D eigenvalue weighted by atomic mass is 16.5. The molecule has 2 heterocycles. The number of hydrogen-bond acceptors (Lipinski definition) is 7. The molecule has 0 saturated heterocycles. The summed E-state index contributed by atoms with van der Waals surface area (Å²) in [5, 5.41) is 16.9. The van der Waals surface area contributed by atoms with Crippen molar-refractivity contribution in [3.63, 3.8) is 0 Å². The Bertz CT molecular complexity index is 919. The summed E-state index contributed by atoms with van der Waals surface area (Å²) in [6.45, 7) is 3.87. The van der Waals surface area contributed by atoms with Crippen LogP contribution in [0.2, 0.25) is 0 Å². The summed E-state index contributed by atoms with van der Waals surface area (Å²) >= 11 is 0. The van der Waals surface area contributed by atoms with E-state index in [1.165, 1.54) is 6.33 Å². The molecule has 0 saturated carbocycles. The number of rotatable bonds is 6. The van der Waals surface area contributed by atoms with Crippen molar-refractivity contribution in [2.24, 2.45) is 5.10 Å². The Morgan fingerprint density at radius 2 is 1.69 bits per heavy atom. The zero-order valence-electron chi connectivity index (χ0n) is 15.3. The van der Waals surface area contributed by atoms with Gasteiger partial charge in [-0.05, 0) is 32.0 Å². The first kappa shape index (κ1) is 17.5. The van der Waals surface area contributed by atoms with Crippen LogP contribution in [-0.4, -0.2) is 52.2 Å². The zero-order chi connectivity index (χ0) is 18.7. The van der Waals surface area contributed by atoms with Gasteiger partial charge in [0, 0.05) is 11.3 Å². The van der Waals surface area contributed by atoms with Crippen molar-refractivity contribution < 1.29 is 14.2 Å². The molecule has 0 radical (unpaired) electrons. The lowest BCUT2D eigenvalue weighted by atomic mass is 10.2. The molecule has 3 aromatic rings. The van der Waals surface area contributed by atoms with E-state index in [9.17, 15) is 0 Å². The molecule has 26 heavy (non-hydrogen) atoms. The van der Waals surface area contributed by atoms with Crippen molar-refractivity contribution in [2.75, 3.05) is 21.3 Å². The fourth-order valence-electron chi connectivity index (χ4n) is 2.58. The maximum atomic E-state index is 5.36. The first-order valence-corrected chi connectivity index (χ1v) is 7.85. The van der Waals surface area contributed by atoms with Crippen LogP contribution >= 0.6 is 0 Å². The molecule has 0 unspecified atom stereocenters. The maximum Gasteiger partial charge on any atom is 0.273 e. The lowest BCUT2D eigenvalue weighted by molar-refractivity contribution is 0.324. The number of aromatic nitrogens is 5. The topological polar surface area (TPSA) is 88.6 Å². The number of nitrogens with zero attached hydrogens (tertiary/aromatic N) is 6. The normalized spacial score (nSPS) is 11.1. The lowest BCUT2D eigenvalue weighted by Gasteiger charge is -2.12. The van der Waals surface area contributed by atoms with Crippen LogP contribution in [0.1, 0.15) is 17.0 Å². The van der Waals surface area contributed by atoms with E-state index in [4.69, 9.17) is 14.2 Å². The third-order valence-corrected chi connectivity index (χ3v) is 3.73. The van der Waals surface area contributed by atoms with Crippen LogP contribution in [0.25, 0.3) is 5.95 Å². The van der Waals surface area contributed by atoms with Gasteiger partial charge < -0.3 is 14.2 Å². The molecule has 9 nitrogen and oxygen atoms in total. The van der Waals surface area contributed by atoms with Gasteiger partial charge in [-0.1, -0.05) is 0 Å². The molecular formula is C17H20N6O3. The molecule has 0 N–H and O–H groups in total. The smallest absolute Gasteiger partial charge is 0.273 e. The van der Waals surface area contributed by atoms with E-state index in [0.717, 1.165) is 17.0 Å². The van der Waals surface area contributed by atoms with Gasteiger partial charge in [-0.15, -0.1) is 10.2 Å². The van der Waals surface area contributed by atoms with Crippen molar-refractivity contribution in [1.29, 1.82) is 0 Å². The molecular weight excluding hydrogens is 336 g/mol. The molecule has 0 bridgehead atoms. The summed E-state index contributed by atoms with van der Waals surface area (Å²) in [7, 11) is 4.70. The number of hydrogen-bond donors (Lipinski definition) is 0. The second-order valence-corrected chi connectivity index (χ2v) is 5.52. The SMILES string of the molecule is COc1cc(/C=N\n2cnnc2-n2nc(C)cc2C)cc(OC)c1OC. The Kier molecular flexibility index (Phi) is 4.87. The predicted octanol–water partition coefficient (Wildman–Crippen LogP) is 1.99. The first-order valence-electron chi connectivity index (χ1n) is 7.85. The van der Waals surface area contributed by atoms with E-state index in [2.05, 4.69) is 20.4 Å². The summed E-state index contributed by atoms with van der Waals surface area (Å²) in [5.74, 6) is 2.13. The van der Waals surface area contributed by atoms with Gasteiger partial charge in [0.15, 0.2) is 11.5 Å². The van der Waals surface area contributed by atoms with E-state index in [0.29, 0.717) is 23.2 Å². The van der Waals surface area contributed by atoms with E-state index in [-0.39, 0.29) is 0 Å². The average Bonchev–Trinajstić information content (AvgIpc) is 3.24. The lowest BCUT2D eigenvalue weighted by Crippen LogP contribution is -2.06. The van der Waals surface area contributed by atoms with Crippen molar-refractivity contribution in [3.05, 3.63) is 41.5 Å². The minimum atomic E-state index is 0.499. The summed E-state index contributed by atoms with van der Waals surface area (Å²) in [4.78, 5) is 0. The first-order chi connectivity index (χ1) is 12.6. The fraction of sp³-hybridized carbons (Fsp3) is 0.294. The largest absolute Gasteiger partial charge is 0.493 e. The van der Waals surface area contributed by atoms with Gasteiger partial charge in [0.05, 0.1) is 33.2 Å². The standard InChI is InChI=1S/C17H20N6O3/c1-11-6-12(2)23(21-11)17-20-18-10-22(17)19-9-13-7-14(24-3)16(26-5)15(8-13)25-4/h6-10H,1-5H3/b19-9-. The minimum Gasteiger partial charge on any atom is -0.493 e. The quantitative estimate of drug-likeness (QED) is 0.628. The summed E-state index contributed by atoms with van der Waals surface area (Å²) in [6, 6.07) is 5.57. The molecule has 0 spiro atoms. The van der Waals surface area contributed by atoms with Gasteiger partial charge in [0.2, 0.25) is 5.75 Å². The van der Waals surface area contributed by atoms with E-state index in [1.54, 1.807) is 49.0 Å². The van der Waals surface area contributed by atoms with Crippen LogP contribution in [0, 0.1) is 13.8 Å². The van der Waals surface area contributed by atoms with Crippen LogP contribution in [0.4, 0.5) is 0 Å². The highest BCUT2D eigenvalue weighted by molar-refractivity contribution is 5.82. The zero-order valence-corrected chi connectivity index (χ0v) is 15.3. The molecule has 1 aromatic carbocycles. The monoisotopic (exact) mass is 356 g/mol. The fourth-order valence-corrected chi connectivity index (χ4v) is 2.58. The molecule has 0 aliphatic carbocycles. The minimum absolute atomic E-state index is 0.499. The Labute approximate surface area is 150 Å². The molecule has 0 atom stereocenters. The predicted molar refractivity (Wildman–Crippen MR) is 95.7 cm³/mol. The number of methoxy groups -OCH3 is 3. The highest BCUT2D eigenvalue weighted by Gasteiger charge is 2.13. The van der Waals surface area contributed by atoms with Crippen molar-refractivity contribution in [1.82, 2.24) is 24.7 Å². The van der Waals surface area contributed by atoms with Gasteiger partial charge in [0.1, 0.15) is 6.33 Å². The Morgan fingerprint density at radius 3 is 2.23 bits per heavy atom. The average molecular weight is 356 g/mol. The molecule has 0 aliphatic heterocycles. The van der Waals surface area contributed by atoms with Crippen LogP contribution in [-0.2, 0) is 0 Å². The van der Waals surface area contributed by atoms with Crippen LogP contribution in [0.5, 0.6) is 17.2 Å². The summed E-state index contributed by atoms with van der Waals surface area (Å²) in [6.07, 6.45) is 3.17. The molecule has 0 aliphatic rings. The summed E-state index contributed by atoms with van der Waals surface area (Å²) < 4.78 is 19.3. The Morgan fingerprint density at radius 1 is 1.00 bits per heavy atom. The maximum absolute atomic E-state index is 5.36. The van der Waals surface area contributed by atoms with Crippen molar-refractivity contribution >= 4 is 6.21 Å². The third kappa shape index (κ3) is 3.23. The van der Waals surface area contributed by atoms with E-state index < -0.39 is 0 Å². The van der Waals surface area contributed by atoms with Gasteiger partial charge in [0.25, 0.3) is 5.95 Å². The van der Waals surface area contributed by atoms with E-state index in [1.807, 2.05) is 19.9 Å². The van der Waals surface area contributed by atoms with Crippen LogP contribution in [0.3, 0.4) is 0 Å². The second kappa shape index (κ2) is 7.26. The molecule has 136 valence electrons.